The maximum Gasteiger partial charge on any atom is 0.244 e. The molecule has 1 heterocycles. The van der Waals surface area contributed by atoms with Crippen LogP contribution in [0.4, 0.5) is 4.39 Å². The highest BCUT2D eigenvalue weighted by molar-refractivity contribution is 5.91. The van der Waals surface area contributed by atoms with Crippen molar-refractivity contribution in [3.8, 4) is 23.0 Å². The van der Waals surface area contributed by atoms with Crippen LogP contribution in [0.15, 0.2) is 67.0 Å². The van der Waals surface area contributed by atoms with Gasteiger partial charge < -0.3 is 19.5 Å². The third-order valence-corrected chi connectivity index (χ3v) is 4.24. The number of aromatic nitrogens is 1. The predicted octanol–water partition coefficient (Wildman–Crippen LogP) is 4.75. The normalized spacial score (nSPS) is 10.7. The van der Waals surface area contributed by atoms with E-state index in [2.05, 4.69) is 10.3 Å². The van der Waals surface area contributed by atoms with E-state index in [9.17, 15) is 9.18 Å². The average Bonchev–Trinajstić information content (AvgIpc) is 2.79. The second-order valence-corrected chi connectivity index (χ2v) is 6.45. The van der Waals surface area contributed by atoms with Gasteiger partial charge in [-0.25, -0.2) is 4.39 Å². The van der Waals surface area contributed by atoms with Gasteiger partial charge in [-0.1, -0.05) is 12.1 Å². The Balaban J connectivity index is 1.56. The minimum absolute atomic E-state index is 0.0902. The van der Waals surface area contributed by atoms with Crippen molar-refractivity contribution in [2.75, 3.05) is 13.7 Å². The summed E-state index contributed by atoms with van der Waals surface area (Å²) in [5.74, 6) is 0.945. The Morgan fingerprint density at radius 3 is 2.68 bits per heavy atom. The van der Waals surface area contributed by atoms with Crippen molar-refractivity contribution >= 4 is 12.0 Å². The van der Waals surface area contributed by atoms with Gasteiger partial charge in [0.15, 0.2) is 23.1 Å². The van der Waals surface area contributed by atoms with Gasteiger partial charge in [-0.2, -0.15) is 0 Å². The maximum absolute atomic E-state index is 14.3. The summed E-state index contributed by atoms with van der Waals surface area (Å²) in [6.45, 7) is 2.61. The fourth-order valence-corrected chi connectivity index (χ4v) is 2.75. The molecule has 31 heavy (non-hydrogen) atoms. The molecule has 0 spiro atoms. The van der Waals surface area contributed by atoms with Gasteiger partial charge in [0.1, 0.15) is 5.75 Å². The fourth-order valence-electron chi connectivity index (χ4n) is 2.75. The van der Waals surface area contributed by atoms with E-state index in [4.69, 9.17) is 14.2 Å². The lowest BCUT2D eigenvalue weighted by Gasteiger charge is -2.09. The summed E-state index contributed by atoms with van der Waals surface area (Å²) in [5, 5.41) is 2.73. The zero-order chi connectivity index (χ0) is 22.1. The Hall–Kier alpha value is -3.87. The molecule has 3 rings (SSSR count). The number of carbonyl (C=O) groups is 1. The van der Waals surface area contributed by atoms with Crippen LogP contribution >= 0.6 is 0 Å². The third-order valence-electron chi connectivity index (χ3n) is 4.24. The van der Waals surface area contributed by atoms with E-state index in [1.807, 2.05) is 13.0 Å². The first-order valence-electron chi connectivity index (χ1n) is 9.72. The van der Waals surface area contributed by atoms with E-state index in [1.165, 1.54) is 24.4 Å². The van der Waals surface area contributed by atoms with Gasteiger partial charge in [-0.3, -0.25) is 9.78 Å². The number of hydrogen-bond donors (Lipinski definition) is 1. The molecule has 0 aliphatic rings. The molecule has 1 amide bonds. The summed E-state index contributed by atoms with van der Waals surface area (Å²) in [6, 6.07) is 13.3. The van der Waals surface area contributed by atoms with E-state index in [0.29, 0.717) is 29.4 Å². The number of hydrogen-bond acceptors (Lipinski definition) is 5. The number of amides is 1. The van der Waals surface area contributed by atoms with E-state index < -0.39 is 5.82 Å². The molecule has 3 aromatic rings. The van der Waals surface area contributed by atoms with Crippen molar-refractivity contribution in [3.05, 3.63) is 83.9 Å². The van der Waals surface area contributed by atoms with Crippen LogP contribution in [0.1, 0.15) is 18.1 Å². The molecule has 0 saturated heterocycles. The molecule has 0 atom stereocenters. The molecule has 0 aliphatic carbocycles. The molecule has 0 aliphatic heterocycles. The summed E-state index contributed by atoms with van der Waals surface area (Å²) in [6.07, 6.45) is 6.18. The molecule has 0 fully saturated rings. The Morgan fingerprint density at radius 2 is 1.97 bits per heavy atom. The van der Waals surface area contributed by atoms with Crippen LogP contribution in [-0.2, 0) is 11.3 Å². The Bertz CT molecular complexity index is 1050. The van der Waals surface area contributed by atoms with Crippen molar-refractivity contribution in [1.29, 1.82) is 0 Å². The molecule has 0 radical (unpaired) electrons. The molecule has 6 nitrogen and oxygen atoms in total. The van der Waals surface area contributed by atoms with E-state index >= 15 is 0 Å². The number of ether oxygens (including phenoxy) is 3. The zero-order valence-corrected chi connectivity index (χ0v) is 17.3. The van der Waals surface area contributed by atoms with Crippen LogP contribution in [0.3, 0.4) is 0 Å². The largest absolute Gasteiger partial charge is 0.493 e. The van der Waals surface area contributed by atoms with Gasteiger partial charge in [0.05, 0.1) is 19.9 Å². The van der Waals surface area contributed by atoms with Crippen LogP contribution in [0, 0.1) is 5.82 Å². The average molecular weight is 422 g/mol. The first kappa shape index (κ1) is 21.8. The highest BCUT2D eigenvalue weighted by atomic mass is 19.1. The highest BCUT2D eigenvalue weighted by Gasteiger charge is 2.08. The smallest absolute Gasteiger partial charge is 0.244 e. The summed E-state index contributed by atoms with van der Waals surface area (Å²) in [7, 11) is 1.56. The van der Waals surface area contributed by atoms with Crippen LogP contribution in [-0.4, -0.2) is 24.6 Å². The number of benzene rings is 2. The van der Waals surface area contributed by atoms with Crippen LogP contribution in [0.25, 0.3) is 6.08 Å². The number of rotatable bonds is 9. The Kier molecular flexibility index (Phi) is 7.59. The highest BCUT2D eigenvalue weighted by Crippen LogP contribution is 2.28. The quantitative estimate of drug-likeness (QED) is 0.504. The molecule has 0 bridgehead atoms. The van der Waals surface area contributed by atoms with Crippen molar-refractivity contribution in [1.82, 2.24) is 10.3 Å². The number of halogens is 1. The lowest BCUT2D eigenvalue weighted by atomic mass is 10.2. The number of carbonyl (C=O) groups excluding carboxylic acids is 1. The second-order valence-electron chi connectivity index (χ2n) is 6.45. The molecule has 160 valence electrons. The second kappa shape index (κ2) is 10.8. The van der Waals surface area contributed by atoms with E-state index in [-0.39, 0.29) is 18.2 Å². The summed E-state index contributed by atoms with van der Waals surface area (Å²) < 4.78 is 30.5. The first-order chi connectivity index (χ1) is 15.1. The summed E-state index contributed by atoms with van der Waals surface area (Å²) in [5.41, 5.74) is 1.40. The van der Waals surface area contributed by atoms with Gasteiger partial charge in [-0.05, 0) is 60.5 Å². The lowest BCUT2D eigenvalue weighted by molar-refractivity contribution is -0.116. The predicted molar refractivity (Wildman–Crippen MR) is 116 cm³/mol. The Labute approximate surface area is 180 Å². The van der Waals surface area contributed by atoms with E-state index in [1.54, 1.807) is 49.7 Å². The van der Waals surface area contributed by atoms with Gasteiger partial charge >= 0.3 is 0 Å². The molecule has 0 unspecified atom stereocenters. The molecule has 1 N–H and O–H groups in total. The van der Waals surface area contributed by atoms with Crippen molar-refractivity contribution < 1.29 is 23.4 Å². The van der Waals surface area contributed by atoms with Crippen molar-refractivity contribution in [3.63, 3.8) is 0 Å². The fraction of sp³-hybridized carbons (Fsp3) is 0.167. The van der Waals surface area contributed by atoms with Crippen molar-refractivity contribution in [2.45, 2.75) is 13.5 Å². The number of pyridine rings is 1. The minimum Gasteiger partial charge on any atom is -0.493 e. The van der Waals surface area contributed by atoms with Gasteiger partial charge in [0.2, 0.25) is 5.91 Å². The van der Waals surface area contributed by atoms with Crippen LogP contribution in [0.5, 0.6) is 23.0 Å². The third kappa shape index (κ3) is 6.30. The molecule has 1 aromatic heterocycles. The molecule has 2 aromatic carbocycles. The topological polar surface area (TPSA) is 69.7 Å². The SMILES string of the molecule is CCOc1ccc(C=CC(=O)NCc2ccc(Oc3cccnc3)c(F)c2)cc1OC. The summed E-state index contributed by atoms with van der Waals surface area (Å²) in [4.78, 5) is 16.1. The maximum atomic E-state index is 14.3. The van der Waals surface area contributed by atoms with E-state index in [0.717, 1.165) is 5.56 Å². The van der Waals surface area contributed by atoms with Crippen LogP contribution < -0.4 is 19.5 Å². The van der Waals surface area contributed by atoms with Gasteiger partial charge in [-0.15, -0.1) is 0 Å². The standard InChI is InChI=1S/C24H23FN2O4/c1-3-30-22-10-6-17(14-23(22)29-2)8-11-24(28)27-15-18-7-9-21(20(25)13-18)31-19-5-4-12-26-16-19/h4-14,16H,3,15H2,1-2H3,(H,27,28). The molecular weight excluding hydrogens is 399 g/mol. The minimum atomic E-state index is -0.521. The number of nitrogens with one attached hydrogen (secondary N) is 1. The van der Waals surface area contributed by atoms with Gasteiger partial charge in [0, 0.05) is 18.8 Å². The molecular formula is C24H23FN2O4. The Morgan fingerprint density at radius 1 is 1.13 bits per heavy atom. The number of methoxy groups -OCH3 is 1. The van der Waals surface area contributed by atoms with Crippen LogP contribution in [0.2, 0.25) is 0 Å². The van der Waals surface area contributed by atoms with Gasteiger partial charge in [0.25, 0.3) is 0 Å². The first-order valence-corrected chi connectivity index (χ1v) is 9.72. The zero-order valence-electron chi connectivity index (χ0n) is 17.3. The number of nitrogens with zero attached hydrogens (tertiary/aromatic N) is 1. The molecule has 7 heteroatoms. The van der Waals surface area contributed by atoms with Crippen molar-refractivity contribution in [2.24, 2.45) is 0 Å². The lowest BCUT2D eigenvalue weighted by Crippen LogP contribution is -2.20. The summed E-state index contributed by atoms with van der Waals surface area (Å²) >= 11 is 0. The molecule has 0 saturated carbocycles. The monoisotopic (exact) mass is 422 g/mol.